The summed E-state index contributed by atoms with van der Waals surface area (Å²) in [6.45, 7) is 1.03. The molecule has 2 aromatic heterocycles. The van der Waals surface area contributed by atoms with Gasteiger partial charge in [0, 0.05) is 7.11 Å². The van der Waals surface area contributed by atoms with Gasteiger partial charge in [-0.05, 0) is 17.7 Å². The fourth-order valence-corrected chi connectivity index (χ4v) is 2.30. The zero-order chi connectivity index (χ0) is 17.8. The van der Waals surface area contributed by atoms with Crippen molar-refractivity contribution in [1.82, 2.24) is 19.5 Å². The highest BCUT2D eigenvalue weighted by atomic mass is 19.1. The molecule has 0 amide bonds. The molecule has 0 aliphatic carbocycles. The standard InChI is InChI=1S/C16H15FN6O2/c1-24-4-5-25-16-21-14(19)13-15(22-16)23(9-20-13)8-10-2-3-12(17)11(6-10)7-18/h2-3,6,9H,4-5,8H2,1H3,(H2,19,21,22). The maximum absolute atomic E-state index is 13.4. The van der Waals surface area contributed by atoms with Crippen LogP contribution in [0.2, 0.25) is 0 Å². The minimum absolute atomic E-state index is 0.0142. The summed E-state index contributed by atoms with van der Waals surface area (Å²) in [5.41, 5.74) is 7.56. The number of halogens is 1. The van der Waals surface area contributed by atoms with Crippen molar-refractivity contribution < 1.29 is 13.9 Å². The fourth-order valence-electron chi connectivity index (χ4n) is 2.30. The highest BCUT2D eigenvalue weighted by Gasteiger charge is 2.13. The minimum atomic E-state index is -0.554. The molecule has 2 N–H and O–H groups in total. The molecular weight excluding hydrogens is 327 g/mol. The molecule has 0 fully saturated rings. The van der Waals surface area contributed by atoms with Gasteiger partial charge in [-0.2, -0.15) is 15.2 Å². The molecule has 0 radical (unpaired) electrons. The lowest BCUT2D eigenvalue weighted by Crippen LogP contribution is -2.09. The van der Waals surface area contributed by atoms with Gasteiger partial charge < -0.3 is 19.8 Å². The van der Waals surface area contributed by atoms with Crippen molar-refractivity contribution in [3.63, 3.8) is 0 Å². The number of fused-ring (bicyclic) bond motifs is 1. The topological polar surface area (TPSA) is 112 Å². The van der Waals surface area contributed by atoms with Crippen LogP contribution in [0, 0.1) is 17.1 Å². The van der Waals surface area contributed by atoms with Crippen molar-refractivity contribution in [3.05, 3.63) is 41.5 Å². The molecule has 0 atom stereocenters. The number of nitrogens with zero attached hydrogens (tertiary/aromatic N) is 5. The van der Waals surface area contributed by atoms with E-state index in [1.807, 2.05) is 6.07 Å². The molecule has 2 heterocycles. The van der Waals surface area contributed by atoms with Crippen LogP contribution < -0.4 is 10.5 Å². The van der Waals surface area contributed by atoms with Crippen molar-refractivity contribution in [3.8, 4) is 12.1 Å². The molecule has 0 saturated carbocycles. The first-order valence-electron chi connectivity index (χ1n) is 7.41. The molecule has 3 rings (SSSR count). The van der Waals surface area contributed by atoms with Crippen LogP contribution >= 0.6 is 0 Å². The Hall–Kier alpha value is -3.25. The van der Waals surface area contributed by atoms with Crippen LogP contribution in [-0.2, 0) is 11.3 Å². The Morgan fingerprint density at radius 2 is 2.16 bits per heavy atom. The number of benzene rings is 1. The number of aromatic nitrogens is 4. The molecule has 128 valence electrons. The largest absolute Gasteiger partial charge is 0.461 e. The van der Waals surface area contributed by atoms with Crippen LogP contribution in [-0.4, -0.2) is 39.8 Å². The third-order valence-electron chi connectivity index (χ3n) is 3.49. The summed E-state index contributed by atoms with van der Waals surface area (Å²) in [6.07, 6.45) is 1.56. The van der Waals surface area contributed by atoms with Crippen LogP contribution in [0.1, 0.15) is 11.1 Å². The highest BCUT2D eigenvalue weighted by molar-refractivity contribution is 5.81. The third-order valence-corrected chi connectivity index (χ3v) is 3.49. The fraction of sp³-hybridized carbons (Fsp3) is 0.250. The molecule has 0 saturated heterocycles. The molecule has 8 nitrogen and oxygen atoms in total. The molecule has 9 heteroatoms. The van der Waals surface area contributed by atoms with Crippen LogP contribution in [0.15, 0.2) is 24.5 Å². The SMILES string of the molecule is COCCOc1nc(N)c2ncn(Cc3ccc(F)c(C#N)c3)c2n1. The lowest BCUT2D eigenvalue weighted by atomic mass is 10.1. The van der Waals surface area contributed by atoms with E-state index >= 15 is 0 Å². The Kier molecular flexibility index (Phi) is 4.72. The minimum Gasteiger partial charge on any atom is -0.461 e. The van der Waals surface area contributed by atoms with Crippen LogP contribution in [0.4, 0.5) is 10.2 Å². The number of hydrogen-bond donors (Lipinski definition) is 1. The normalized spacial score (nSPS) is 10.8. The molecule has 1 aromatic carbocycles. The van der Waals surface area contributed by atoms with E-state index in [1.165, 1.54) is 12.1 Å². The smallest absolute Gasteiger partial charge is 0.320 e. The second-order valence-electron chi connectivity index (χ2n) is 5.20. The predicted molar refractivity (Wildman–Crippen MR) is 87.3 cm³/mol. The Morgan fingerprint density at radius 3 is 2.92 bits per heavy atom. The predicted octanol–water partition coefficient (Wildman–Crippen LogP) is 1.49. The molecule has 3 aromatic rings. The maximum Gasteiger partial charge on any atom is 0.320 e. The molecule has 0 bridgehead atoms. The average Bonchev–Trinajstić information content (AvgIpc) is 3.00. The number of nitrogens with two attached hydrogens (primary N) is 1. The third kappa shape index (κ3) is 3.49. The van der Waals surface area contributed by atoms with Crippen LogP contribution in [0.3, 0.4) is 0 Å². The van der Waals surface area contributed by atoms with Gasteiger partial charge in [-0.25, -0.2) is 9.37 Å². The van der Waals surface area contributed by atoms with E-state index in [-0.39, 0.29) is 17.4 Å². The zero-order valence-electron chi connectivity index (χ0n) is 13.4. The van der Waals surface area contributed by atoms with Gasteiger partial charge in [0.05, 0.1) is 25.0 Å². The van der Waals surface area contributed by atoms with Crippen molar-refractivity contribution >= 4 is 17.0 Å². The first-order valence-corrected chi connectivity index (χ1v) is 7.41. The first-order chi connectivity index (χ1) is 12.1. The van der Waals surface area contributed by atoms with Gasteiger partial charge in [-0.1, -0.05) is 6.07 Å². The Bertz CT molecular complexity index is 950. The Balaban J connectivity index is 1.92. The zero-order valence-corrected chi connectivity index (χ0v) is 13.4. The Morgan fingerprint density at radius 1 is 1.32 bits per heavy atom. The van der Waals surface area contributed by atoms with E-state index in [0.29, 0.717) is 30.9 Å². The van der Waals surface area contributed by atoms with Crippen molar-refractivity contribution in [2.45, 2.75) is 6.54 Å². The monoisotopic (exact) mass is 342 g/mol. The van der Waals surface area contributed by atoms with Crippen molar-refractivity contribution in [1.29, 1.82) is 5.26 Å². The van der Waals surface area contributed by atoms with Gasteiger partial charge in [0.2, 0.25) is 0 Å². The number of methoxy groups -OCH3 is 1. The number of ether oxygens (including phenoxy) is 2. The van der Waals surface area contributed by atoms with Crippen LogP contribution in [0.25, 0.3) is 11.2 Å². The van der Waals surface area contributed by atoms with Crippen molar-refractivity contribution in [2.24, 2.45) is 0 Å². The average molecular weight is 342 g/mol. The molecule has 0 spiro atoms. The Labute approximate surface area is 142 Å². The number of hydrogen-bond acceptors (Lipinski definition) is 7. The molecule has 0 aliphatic rings. The number of rotatable bonds is 6. The van der Waals surface area contributed by atoms with E-state index in [9.17, 15) is 4.39 Å². The van der Waals surface area contributed by atoms with E-state index in [2.05, 4.69) is 15.0 Å². The van der Waals surface area contributed by atoms with Gasteiger partial charge in [-0.15, -0.1) is 0 Å². The number of nitriles is 1. The molecule has 25 heavy (non-hydrogen) atoms. The van der Waals surface area contributed by atoms with E-state index in [1.54, 1.807) is 24.1 Å². The number of imidazole rings is 1. The lowest BCUT2D eigenvalue weighted by molar-refractivity contribution is 0.141. The first kappa shape index (κ1) is 16.6. The maximum atomic E-state index is 13.4. The second kappa shape index (κ2) is 7.11. The summed E-state index contributed by atoms with van der Waals surface area (Å²) in [5.74, 6) is -0.352. The second-order valence-corrected chi connectivity index (χ2v) is 5.20. The number of nitrogen functional groups attached to an aromatic ring is 1. The quantitative estimate of drug-likeness (QED) is 0.675. The highest BCUT2D eigenvalue weighted by Crippen LogP contribution is 2.20. The van der Waals surface area contributed by atoms with Gasteiger partial charge in [0.25, 0.3) is 0 Å². The summed E-state index contributed by atoms with van der Waals surface area (Å²) in [7, 11) is 1.56. The van der Waals surface area contributed by atoms with Gasteiger partial charge in [0.1, 0.15) is 18.5 Å². The summed E-state index contributed by atoms with van der Waals surface area (Å²) >= 11 is 0. The van der Waals surface area contributed by atoms with E-state index in [4.69, 9.17) is 20.5 Å². The van der Waals surface area contributed by atoms with E-state index in [0.717, 1.165) is 5.56 Å². The molecule has 0 unspecified atom stereocenters. The summed E-state index contributed by atoms with van der Waals surface area (Å²) in [6, 6.07) is 6.29. The lowest BCUT2D eigenvalue weighted by Gasteiger charge is -2.07. The van der Waals surface area contributed by atoms with E-state index < -0.39 is 5.82 Å². The summed E-state index contributed by atoms with van der Waals surface area (Å²) < 4.78 is 25.5. The molecule has 0 aliphatic heterocycles. The molecular formula is C16H15FN6O2. The summed E-state index contributed by atoms with van der Waals surface area (Å²) in [4.78, 5) is 12.6. The van der Waals surface area contributed by atoms with Gasteiger partial charge >= 0.3 is 6.01 Å². The van der Waals surface area contributed by atoms with Crippen molar-refractivity contribution in [2.75, 3.05) is 26.1 Å². The van der Waals surface area contributed by atoms with Gasteiger partial charge in [0.15, 0.2) is 17.0 Å². The van der Waals surface area contributed by atoms with Crippen LogP contribution in [0.5, 0.6) is 6.01 Å². The number of anilines is 1. The van der Waals surface area contributed by atoms with Gasteiger partial charge in [-0.3, -0.25) is 0 Å². The summed E-state index contributed by atoms with van der Waals surface area (Å²) in [5, 5.41) is 8.94.